The second kappa shape index (κ2) is 28.0. The fourth-order valence-electron chi connectivity index (χ4n) is 18.5. The van der Waals surface area contributed by atoms with Gasteiger partial charge in [0.25, 0.3) is 5.91 Å². The number of likely N-dealkylation sites (tertiary alicyclic amines) is 1. The quantitative estimate of drug-likeness (QED) is 0.0231. The molecule has 22 nitrogen and oxygen atoms in total. The van der Waals surface area contributed by atoms with Crippen LogP contribution in [-0.4, -0.2) is 188 Å². The zero-order valence-corrected chi connectivity index (χ0v) is 58.3. The molecule has 4 aromatic carbocycles. The fraction of sp³-hybridized carbons (Fsp3) is 0.506. The van der Waals surface area contributed by atoms with Gasteiger partial charge in [-0.2, -0.15) is 0 Å². The summed E-state index contributed by atoms with van der Waals surface area (Å²) in [5.41, 5.74) is 0.615. The van der Waals surface area contributed by atoms with Crippen LogP contribution in [0.3, 0.4) is 0 Å². The fourth-order valence-corrected chi connectivity index (χ4v) is 18.5. The van der Waals surface area contributed by atoms with E-state index in [-0.39, 0.29) is 38.0 Å². The number of quaternary nitrogens is 1. The third-order valence-corrected chi connectivity index (χ3v) is 23.0. The molecule has 1 unspecified atom stereocenters. The van der Waals surface area contributed by atoms with E-state index in [2.05, 4.69) is 39.6 Å². The molecule has 3 fully saturated rings. The van der Waals surface area contributed by atoms with Crippen molar-refractivity contribution in [1.29, 1.82) is 0 Å². The largest absolute Gasteiger partial charge is 0.496 e. The van der Waals surface area contributed by atoms with Crippen LogP contribution in [0.15, 0.2) is 121 Å². The van der Waals surface area contributed by atoms with Gasteiger partial charge >= 0.3 is 29.8 Å². The number of rotatable bonds is 22. The normalized spacial score (nSPS) is 28.2. The Kier molecular flexibility index (Phi) is 19.8. The molecule has 0 radical (unpaired) electrons. The number of nitrogens with zero attached hydrogens (tertiary/aromatic N) is 4. The number of nitrogens with one attached hydrogen (secondary N) is 3. The van der Waals surface area contributed by atoms with E-state index in [4.69, 9.17) is 28.4 Å². The first-order valence-corrected chi connectivity index (χ1v) is 35.0. The molecule has 7 aliphatic rings. The predicted molar refractivity (Wildman–Crippen MR) is 367 cm³/mol. The van der Waals surface area contributed by atoms with Gasteiger partial charge in [0.05, 0.1) is 46.9 Å². The standard InChI is InChI=1S/C77H93N7O15/c1-10-47(4)64(67(89)79-58(68(90)98-46-51-25-17-14-18-26-51)39-63(87)97-45-50-23-15-13-16-24-50)80-66(88)59-29-21-34-83(59)62(86)44-84-36-30-54-53-27-19-20-28-57(53)78-65(54)76(72(91)95-8,41-52(43-84)37-49(11-2)42-84)56-38-55-60(40-61(56)94-7)81(6)70-75(55)32-35-82-33-22-31-74(12-3,69(75)82)71(99-48(5)85)77(70,93)73(92)96-9/h13-20,22-28,31,37-38,40,47,52,58-59,64,69-71,78,93H,10-12,21,29-30,32-36,39,41-46H2,1-9H3,(H-,79,80,88,89)/p+1/t47-,52+,58-,59-,64-,69-,70+,71+,74+,75+,76-,77-,84?/m0/s1. The van der Waals surface area contributed by atoms with Crippen molar-refractivity contribution in [3.8, 4) is 5.75 Å². The molecule has 1 aliphatic carbocycles. The molecule has 1 spiro atoms. The molecular formula is C77H94N7O15+. The van der Waals surface area contributed by atoms with Crippen LogP contribution in [0.1, 0.15) is 119 Å². The van der Waals surface area contributed by atoms with Crippen molar-refractivity contribution in [2.24, 2.45) is 17.3 Å². The number of hydrogen-bond donors (Lipinski definition) is 4. The number of benzene rings is 4. The molecule has 3 amide bonds. The van der Waals surface area contributed by atoms with Gasteiger partial charge in [-0.3, -0.25) is 33.7 Å². The monoisotopic (exact) mass is 1360 g/mol. The lowest BCUT2D eigenvalue weighted by atomic mass is 9.47. The summed E-state index contributed by atoms with van der Waals surface area (Å²) in [5, 5.41) is 20.3. The number of para-hydroxylation sites is 1. The number of ether oxygens (including phenoxy) is 6. The molecule has 2 saturated heterocycles. The average molecular weight is 1360 g/mol. The molecule has 1 saturated carbocycles. The summed E-state index contributed by atoms with van der Waals surface area (Å²) >= 11 is 0. The molecule has 12 rings (SSSR count). The van der Waals surface area contributed by atoms with E-state index in [0.29, 0.717) is 117 Å². The van der Waals surface area contributed by atoms with Gasteiger partial charge in [0.1, 0.15) is 49.0 Å². The summed E-state index contributed by atoms with van der Waals surface area (Å²) in [6, 6.07) is 25.0. The number of fused-ring (bicyclic) bond motifs is 6. The van der Waals surface area contributed by atoms with Gasteiger partial charge in [0.15, 0.2) is 12.6 Å². The highest BCUT2D eigenvalue weighted by Gasteiger charge is 2.80. The topological polar surface area (TPSA) is 262 Å². The molecule has 2 bridgehead atoms. The first-order chi connectivity index (χ1) is 47.6. The number of hydrogen-bond acceptors (Lipinski definition) is 17. The molecule has 6 aliphatic heterocycles. The van der Waals surface area contributed by atoms with Crippen molar-refractivity contribution < 1.29 is 76.4 Å². The number of likely N-dealkylation sites (N-methyl/N-ethyl adjacent to an activating group) is 1. The van der Waals surface area contributed by atoms with Crippen molar-refractivity contribution in [1.82, 2.24) is 25.4 Å². The van der Waals surface area contributed by atoms with Crippen molar-refractivity contribution >= 4 is 64.2 Å². The number of H-pyrrole nitrogens is 1. The van der Waals surface area contributed by atoms with Gasteiger partial charge in [0, 0.05) is 90.2 Å². The summed E-state index contributed by atoms with van der Waals surface area (Å²) in [6.45, 7) is 11.8. The zero-order valence-electron chi connectivity index (χ0n) is 58.3. The summed E-state index contributed by atoms with van der Waals surface area (Å²) in [6.07, 6.45) is 7.82. The van der Waals surface area contributed by atoms with Gasteiger partial charge in [-0.25, -0.2) is 9.59 Å². The highest BCUT2D eigenvalue weighted by Crippen LogP contribution is 2.68. The number of aliphatic hydroxyl groups is 1. The number of esters is 5. The minimum Gasteiger partial charge on any atom is -0.496 e. The van der Waals surface area contributed by atoms with Gasteiger partial charge in [0.2, 0.25) is 17.4 Å². The van der Waals surface area contributed by atoms with Crippen LogP contribution in [-0.2, 0) is 92.5 Å². The molecular weight excluding hydrogens is 1260 g/mol. The number of aromatic amines is 1. The third-order valence-electron chi connectivity index (χ3n) is 23.0. The predicted octanol–water partition coefficient (Wildman–Crippen LogP) is 7.19. The van der Waals surface area contributed by atoms with E-state index in [0.717, 1.165) is 33.2 Å². The lowest BCUT2D eigenvalue weighted by Crippen LogP contribution is -2.81. The number of carbonyl (C=O) groups excluding carboxylic acids is 8. The average Bonchev–Trinajstić information content (AvgIpc) is 1.50. The van der Waals surface area contributed by atoms with E-state index >= 15 is 9.59 Å². The summed E-state index contributed by atoms with van der Waals surface area (Å²) < 4.78 is 36.0. The molecule has 5 aromatic rings. The number of methoxy groups -OCH3 is 3. The zero-order chi connectivity index (χ0) is 70.3. The Hall–Kier alpha value is -8.86. The smallest absolute Gasteiger partial charge is 0.344 e. The Morgan fingerprint density at radius 2 is 1.53 bits per heavy atom. The lowest BCUT2D eigenvalue weighted by Gasteiger charge is -2.63. The summed E-state index contributed by atoms with van der Waals surface area (Å²) in [4.78, 5) is 126. The maximum atomic E-state index is 16.1. The van der Waals surface area contributed by atoms with Crippen LogP contribution in [0.2, 0.25) is 0 Å². The van der Waals surface area contributed by atoms with Gasteiger partial charge in [-0.1, -0.05) is 131 Å². The number of anilines is 1. The van der Waals surface area contributed by atoms with Gasteiger partial charge in [-0.15, -0.1) is 0 Å². The maximum absolute atomic E-state index is 16.1. The van der Waals surface area contributed by atoms with Gasteiger partial charge in [-0.05, 0) is 90.9 Å². The van der Waals surface area contributed by atoms with Crippen LogP contribution in [0.25, 0.3) is 10.9 Å². The Morgan fingerprint density at radius 1 is 0.828 bits per heavy atom. The Labute approximate surface area is 578 Å². The van der Waals surface area contributed by atoms with Crippen LogP contribution < -0.4 is 20.3 Å². The first kappa shape index (κ1) is 70.0. The molecule has 4 N–H and O–H groups in total. The molecule has 7 heterocycles. The second-order valence-corrected chi connectivity index (χ2v) is 28.4. The van der Waals surface area contributed by atoms with Crippen molar-refractivity contribution in [2.75, 3.05) is 79.1 Å². The highest BCUT2D eigenvalue weighted by molar-refractivity contribution is 5.97. The second-order valence-electron chi connectivity index (χ2n) is 28.4. The molecule has 22 heteroatoms. The van der Waals surface area contributed by atoms with Crippen molar-refractivity contribution in [2.45, 2.75) is 158 Å². The summed E-state index contributed by atoms with van der Waals surface area (Å²) in [7, 11) is 6.03. The van der Waals surface area contributed by atoms with Crippen molar-refractivity contribution in [3.63, 3.8) is 0 Å². The van der Waals surface area contributed by atoms with Crippen LogP contribution in [0.4, 0.5) is 5.69 Å². The van der Waals surface area contributed by atoms with Crippen molar-refractivity contribution in [3.05, 3.63) is 154 Å². The van der Waals surface area contributed by atoms with E-state index in [9.17, 15) is 33.9 Å². The van der Waals surface area contributed by atoms with Crippen LogP contribution in [0.5, 0.6) is 5.75 Å². The number of aromatic nitrogens is 1. The van der Waals surface area contributed by atoms with E-state index in [1.54, 1.807) is 48.4 Å². The van der Waals surface area contributed by atoms with E-state index < -0.39 is 112 Å². The summed E-state index contributed by atoms with van der Waals surface area (Å²) in [5.74, 6) is -5.65. The molecule has 13 atom stereocenters. The van der Waals surface area contributed by atoms with E-state index in [1.807, 2.05) is 99.5 Å². The van der Waals surface area contributed by atoms with Gasteiger partial charge < -0.3 is 63.4 Å². The van der Waals surface area contributed by atoms with Crippen LogP contribution in [0, 0.1) is 17.3 Å². The first-order valence-electron chi connectivity index (χ1n) is 35.0. The minimum atomic E-state index is -2.41. The maximum Gasteiger partial charge on any atom is 0.344 e. The minimum absolute atomic E-state index is 0.0182. The Morgan fingerprint density at radius 3 is 2.19 bits per heavy atom. The third kappa shape index (κ3) is 12.1. The molecule has 526 valence electrons. The lowest BCUT2D eigenvalue weighted by molar-refractivity contribution is -0.921. The number of carbonyl (C=O) groups is 8. The highest BCUT2D eigenvalue weighted by atomic mass is 16.6. The Bertz CT molecular complexity index is 4010. The SMILES string of the molecule is CCC1=C[C@@H]2C[C@](C(=O)OC)(c3cc4c(cc3OC)N(C)[C@H]3[C@@](O)(C(=O)OC)[C@H](OC(C)=O)[C@]5(CC)C=CCN6CC[C@]43[C@@H]65)c3[nH]c4ccccc4c3CC[N+](CC(=O)N3CCC[C@H]3C(=O)N[C@H](C(=O)N[C@@H](CC(=O)OCc3ccccc3)C(=O)OCc3ccccc3)[C@@H](C)CC)(C1)C2. The molecule has 99 heavy (non-hydrogen) atoms. The van der Waals surface area contributed by atoms with Crippen LogP contribution >= 0.6 is 0 Å². The number of amides is 3. The Balaban J connectivity index is 0.877. The molecule has 1 aromatic heterocycles. The van der Waals surface area contributed by atoms with E-state index in [1.165, 1.54) is 21.1 Å².